The van der Waals surface area contributed by atoms with E-state index >= 15 is 0 Å². The quantitative estimate of drug-likeness (QED) is 0.149. The fourth-order valence-corrected chi connectivity index (χ4v) is 11.8. The third-order valence-electron chi connectivity index (χ3n) is 16.1. The molecule has 0 unspecified atom stereocenters. The summed E-state index contributed by atoms with van der Waals surface area (Å²) in [6, 6.07) is 24.6. The van der Waals surface area contributed by atoms with Crippen molar-refractivity contribution in [3.63, 3.8) is 0 Å². The van der Waals surface area contributed by atoms with E-state index in [2.05, 4.69) is 4.98 Å². The zero-order chi connectivity index (χ0) is 69.5. The molecule has 490 valence electrons. The highest BCUT2D eigenvalue weighted by molar-refractivity contribution is 6.13. The molecule has 0 atom stereocenters. The van der Waals surface area contributed by atoms with Crippen LogP contribution in [0, 0.1) is 11.3 Å². The molecule has 0 aliphatic rings. The van der Waals surface area contributed by atoms with Crippen molar-refractivity contribution >= 4 is 43.6 Å². The highest BCUT2D eigenvalue weighted by Crippen LogP contribution is 2.50. The highest BCUT2D eigenvalue weighted by atomic mass is 19.4. The van der Waals surface area contributed by atoms with Gasteiger partial charge >= 0.3 is 49.4 Å². The molecule has 96 heavy (non-hydrogen) atoms. The molecule has 0 aliphatic heterocycles. The average molecular weight is 1360 g/mol. The van der Waals surface area contributed by atoms with E-state index in [9.17, 15) is 111 Å². The minimum atomic E-state index is -5.48. The highest BCUT2D eigenvalue weighted by Gasteiger charge is 2.43. The molecule has 9 aromatic carbocycles. The molecule has 0 spiro atoms. The molecule has 0 bridgehead atoms. The van der Waals surface area contributed by atoms with Crippen LogP contribution < -0.4 is 0 Å². The van der Waals surface area contributed by atoms with Gasteiger partial charge in [-0.15, -0.1) is 0 Å². The summed E-state index contributed by atoms with van der Waals surface area (Å²) in [6.07, 6.45) is -42.1. The molecule has 4 nitrogen and oxygen atoms in total. The van der Waals surface area contributed by atoms with Crippen molar-refractivity contribution in [3.8, 4) is 73.2 Å². The Kier molecular flexibility index (Phi) is 15.3. The van der Waals surface area contributed by atoms with Crippen LogP contribution in [0.3, 0.4) is 0 Å². The van der Waals surface area contributed by atoms with Crippen LogP contribution in [0.4, 0.5) is 105 Å². The number of hydrogen-bond donors (Lipinski definition) is 0. The maximum absolute atomic E-state index is 14.9. The zero-order valence-corrected chi connectivity index (χ0v) is 47.2. The number of pyridine rings is 1. The Morgan fingerprint density at radius 2 is 0.573 bits per heavy atom. The zero-order valence-electron chi connectivity index (χ0n) is 47.2. The summed E-state index contributed by atoms with van der Waals surface area (Å²) in [7, 11) is 0. The molecule has 0 amide bonds. The molecule has 0 aliphatic carbocycles. The van der Waals surface area contributed by atoms with Gasteiger partial charge in [-0.3, -0.25) is 4.57 Å². The number of fused-ring (bicyclic) bond motifs is 6. The number of rotatable bonds is 7. The van der Waals surface area contributed by atoms with Crippen LogP contribution in [0.2, 0.25) is 0 Å². The second-order valence-electron chi connectivity index (χ2n) is 21.8. The second-order valence-corrected chi connectivity index (χ2v) is 21.8. The first-order chi connectivity index (χ1) is 44.6. The van der Waals surface area contributed by atoms with Gasteiger partial charge in [0, 0.05) is 32.7 Å². The van der Waals surface area contributed by atoms with Crippen LogP contribution >= 0.6 is 0 Å². The van der Waals surface area contributed by atoms with Crippen LogP contribution in [-0.2, 0) is 49.4 Å². The van der Waals surface area contributed by atoms with Gasteiger partial charge in [-0.05, 0) is 129 Å². The van der Waals surface area contributed by atoms with Crippen molar-refractivity contribution < 1.29 is 105 Å². The van der Waals surface area contributed by atoms with Gasteiger partial charge in [0.1, 0.15) is 5.82 Å². The first-order valence-corrected chi connectivity index (χ1v) is 27.4. The van der Waals surface area contributed by atoms with Crippen molar-refractivity contribution in [3.05, 3.63) is 232 Å². The summed E-state index contributed by atoms with van der Waals surface area (Å²) >= 11 is 0. The first-order valence-electron chi connectivity index (χ1n) is 27.4. The lowest BCUT2D eigenvalue weighted by atomic mass is 9.95. The van der Waals surface area contributed by atoms with E-state index in [1.54, 1.807) is 0 Å². The minimum absolute atomic E-state index is 0.0262. The maximum atomic E-state index is 14.9. The molecule has 12 rings (SSSR count). The molecule has 0 saturated carbocycles. The Labute approximate surface area is 521 Å². The Balaban J connectivity index is 1.20. The lowest BCUT2D eigenvalue weighted by molar-refractivity contribution is -0.144. The Hall–Kier alpha value is -10.5. The van der Waals surface area contributed by atoms with Crippen molar-refractivity contribution in [1.29, 1.82) is 5.26 Å². The van der Waals surface area contributed by atoms with E-state index in [-0.39, 0.29) is 90.3 Å². The number of aromatic nitrogens is 3. The third-order valence-corrected chi connectivity index (χ3v) is 16.1. The Morgan fingerprint density at radius 3 is 0.854 bits per heavy atom. The molecular weight excluding hydrogens is 1330 g/mol. The van der Waals surface area contributed by atoms with Gasteiger partial charge in [0.2, 0.25) is 0 Å². The number of hydrogen-bond acceptors (Lipinski definition) is 2. The Bertz CT molecular complexity index is 4930. The number of nitriles is 1. The topological polar surface area (TPSA) is 46.5 Å². The Morgan fingerprint density at radius 1 is 0.281 bits per heavy atom. The fourth-order valence-electron chi connectivity index (χ4n) is 11.8. The number of alkyl halides is 24. The molecule has 28 heteroatoms. The van der Waals surface area contributed by atoms with Gasteiger partial charge in [0.05, 0.1) is 90.1 Å². The number of benzene rings is 9. The van der Waals surface area contributed by atoms with Crippen molar-refractivity contribution in [2.75, 3.05) is 0 Å². The van der Waals surface area contributed by atoms with Crippen LogP contribution in [0.5, 0.6) is 0 Å². The van der Waals surface area contributed by atoms with Crippen molar-refractivity contribution in [2.24, 2.45) is 0 Å². The molecule has 0 saturated heterocycles. The first kappa shape index (κ1) is 65.6. The smallest absolute Gasteiger partial charge is 0.307 e. The summed E-state index contributed by atoms with van der Waals surface area (Å²) in [5.41, 5.74) is -20.9. The van der Waals surface area contributed by atoms with Crippen LogP contribution in [0.25, 0.3) is 111 Å². The van der Waals surface area contributed by atoms with Crippen molar-refractivity contribution in [2.45, 2.75) is 49.4 Å². The van der Waals surface area contributed by atoms with Crippen LogP contribution in [-0.4, -0.2) is 14.1 Å². The SMILES string of the molecule is N#Cc1ccccc1-c1cc(-n2c3cc(-c4ccc(C(F)(F)F)cc4C(F)(F)F)ccc3c3ccc(-c4ccc(C(F)(F)F)cc4C(F)(F)F)cc32)ncc1-n1c2cc(-c3ccc(C(F)(F)F)cc3C(F)(F)F)ccc2c2ccc(-c3ccc(C(F)(F)F)cc3C(F)(F)F)cc21. The number of halogens is 24. The molecular formula is C68H30F24N4. The second kappa shape index (κ2) is 22.3. The van der Waals surface area contributed by atoms with Gasteiger partial charge < -0.3 is 4.57 Å². The van der Waals surface area contributed by atoms with E-state index in [4.69, 9.17) is 0 Å². The molecule has 3 aromatic heterocycles. The van der Waals surface area contributed by atoms with E-state index in [1.807, 2.05) is 6.07 Å². The summed E-state index contributed by atoms with van der Waals surface area (Å²) in [5.74, 6) is -0.413. The van der Waals surface area contributed by atoms with Gasteiger partial charge in [-0.25, -0.2) is 4.98 Å². The number of nitrogens with zero attached hydrogens (tertiary/aromatic N) is 4. The standard InChI is InChI=1S/C68H30F24N4/c69-61(70,71)37-9-17-42(51(25-37)65(81,82)83)32-5-13-46-47-14-6-33(43-18-10-38(62(72,73)74)26-52(43)66(84,85)86)22-56(47)95(55(46)21-32)59-31-94-60(29-50(59)41-4-2-1-3-36(41)30-93)96-57-23-34(44-19-11-39(63(75,76)77)27-53(44)67(87,88)89)7-15-48(57)49-16-8-35(24-58(49)96)45-20-12-40(64(78,79)80)28-54(45)68(90,91)92/h1-29,31H. The predicted octanol–water partition coefficient (Wildman–Crippen LogP) is 23.6. The average Bonchev–Trinajstić information content (AvgIpc) is 1.56. The lowest BCUT2D eigenvalue weighted by Gasteiger charge is -2.19. The van der Waals surface area contributed by atoms with Gasteiger partial charge in [-0.1, -0.05) is 91.0 Å². The van der Waals surface area contributed by atoms with Gasteiger partial charge in [0.25, 0.3) is 0 Å². The molecule has 3 heterocycles. The van der Waals surface area contributed by atoms with E-state index in [0.29, 0.717) is 48.5 Å². The summed E-state index contributed by atoms with van der Waals surface area (Å²) < 4.78 is 349. The monoisotopic (exact) mass is 1360 g/mol. The lowest BCUT2D eigenvalue weighted by Crippen LogP contribution is -2.12. The largest absolute Gasteiger partial charge is 0.417 e. The fraction of sp³-hybridized carbons (Fsp3) is 0.118. The van der Waals surface area contributed by atoms with E-state index in [0.717, 1.165) is 65.4 Å². The van der Waals surface area contributed by atoms with Crippen LogP contribution in [0.15, 0.2) is 182 Å². The van der Waals surface area contributed by atoms with Gasteiger partial charge in [0.15, 0.2) is 0 Å². The molecule has 0 fully saturated rings. The normalized spacial score (nSPS) is 13.2. The van der Waals surface area contributed by atoms with Crippen molar-refractivity contribution in [1.82, 2.24) is 14.1 Å². The third kappa shape index (κ3) is 11.8. The predicted molar refractivity (Wildman–Crippen MR) is 305 cm³/mol. The van der Waals surface area contributed by atoms with E-state index < -0.39 is 144 Å². The molecule has 0 radical (unpaired) electrons. The molecule has 12 aromatic rings. The van der Waals surface area contributed by atoms with Gasteiger partial charge in [-0.2, -0.15) is 111 Å². The molecule has 0 N–H and O–H groups in total. The summed E-state index contributed by atoms with van der Waals surface area (Å²) in [6.45, 7) is 0. The summed E-state index contributed by atoms with van der Waals surface area (Å²) in [4.78, 5) is 4.69. The van der Waals surface area contributed by atoms with Crippen LogP contribution in [0.1, 0.15) is 50.1 Å². The maximum Gasteiger partial charge on any atom is 0.417 e. The summed E-state index contributed by atoms with van der Waals surface area (Å²) in [5, 5.41) is 10.8. The van der Waals surface area contributed by atoms with E-state index in [1.165, 1.54) is 53.1 Å². The minimum Gasteiger partial charge on any atom is -0.307 e.